The van der Waals surface area contributed by atoms with Crippen molar-refractivity contribution in [2.45, 2.75) is 52.1 Å². The van der Waals surface area contributed by atoms with Crippen molar-refractivity contribution in [3.63, 3.8) is 0 Å². The lowest BCUT2D eigenvalue weighted by Crippen LogP contribution is -2.44. The zero-order valence-electron chi connectivity index (χ0n) is 12.2. The molecule has 4 heteroatoms. The first kappa shape index (κ1) is 15.4. The maximum atomic E-state index is 11.4. The van der Waals surface area contributed by atoms with Crippen LogP contribution in [0.4, 0.5) is 0 Å². The molecule has 1 rings (SSSR count). The molecule has 1 fully saturated rings. The fraction of sp³-hybridized carbons (Fsp3) is 0.929. The molecule has 0 amide bonds. The van der Waals surface area contributed by atoms with Gasteiger partial charge in [-0.2, -0.15) is 0 Å². The highest BCUT2D eigenvalue weighted by Gasteiger charge is 2.23. The van der Waals surface area contributed by atoms with Crippen LogP contribution in [0.2, 0.25) is 0 Å². The zero-order chi connectivity index (χ0) is 13.5. The molecule has 0 aromatic heterocycles. The molecule has 0 aromatic rings. The van der Waals surface area contributed by atoms with Crippen molar-refractivity contribution in [3.8, 4) is 0 Å². The number of hydrogen-bond acceptors (Lipinski definition) is 4. The molecule has 2 atom stereocenters. The van der Waals surface area contributed by atoms with E-state index in [0.717, 1.165) is 19.6 Å². The van der Waals surface area contributed by atoms with Gasteiger partial charge in [-0.1, -0.05) is 13.8 Å². The van der Waals surface area contributed by atoms with Gasteiger partial charge in [0.15, 0.2) is 0 Å². The highest BCUT2D eigenvalue weighted by molar-refractivity contribution is 5.69. The summed E-state index contributed by atoms with van der Waals surface area (Å²) in [5, 5.41) is 3.52. The van der Waals surface area contributed by atoms with Crippen LogP contribution in [0.15, 0.2) is 0 Å². The second kappa shape index (κ2) is 7.74. The van der Waals surface area contributed by atoms with Gasteiger partial charge in [0.2, 0.25) is 0 Å². The fourth-order valence-electron chi connectivity index (χ4n) is 2.55. The van der Waals surface area contributed by atoms with Gasteiger partial charge in [0.05, 0.1) is 13.5 Å². The van der Waals surface area contributed by atoms with Crippen LogP contribution < -0.4 is 5.32 Å². The van der Waals surface area contributed by atoms with Crippen LogP contribution >= 0.6 is 0 Å². The molecule has 1 heterocycles. The Bertz CT molecular complexity index is 250. The Morgan fingerprint density at radius 2 is 2.17 bits per heavy atom. The minimum atomic E-state index is -0.115. The van der Waals surface area contributed by atoms with Gasteiger partial charge in [0.1, 0.15) is 0 Å². The molecule has 2 unspecified atom stereocenters. The quantitative estimate of drug-likeness (QED) is 0.703. The van der Waals surface area contributed by atoms with Crippen molar-refractivity contribution in [1.29, 1.82) is 0 Å². The number of rotatable bonds is 7. The van der Waals surface area contributed by atoms with E-state index in [-0.39, 0.29) is 12.0 Å². The van der Waals surface area contributed by atoms with Crippen LogP contribution in [0.1, 0.15) is 40.0 Å². The van der Waals surface area contributed by atoms with E-state index < -0.39 is 0 Å². The Balaban J connectivity index is 2.49. The van der Waals surface area contributed by atoms with Crippen molar-refractivity contribution in [3.05, 3.63) is 0 Å². The standard InChI is InChI=1S/C14H28N2O2/c1-11(2)9-16(10-13-6-5-7-15-13)12(3)8-14(17)18-4/h11-13,15H,5-10H2,1-4H3. The average molecular weight is 256 g/mol. The van der Waals surface area contributed by atoms with Gasteiger partial charge in [-0.3, -0.25) is 9.69 Å². The summed E-state index contributed by atoms with van der Waals surface area (Å²) >= 11 is 0. The van der Waals surface area contributed by atoms with Crippen LogP contribution in [0.3, 0.4) is 0 Å². The predicted molar refractivity (Wildman–Crippen MR) is 73.5 cm³/mol. The summed E-state index contributed by atoms with van der Waals surface area (Å²) in [7, 11) is 1.46. The van der Waals surface area contributed by atoms with Crippen molar-refractivity contribution in [2.75, 3.05) is 26.7 Å². The molecule has 0 bridgehead atoms. The number of hydrogen-bond donors (Lipinski definition) is 1. The zero-order valence-corrected chi connectivity index (χ0v) is 12.2. The normalized spacial score (nSPS) is 21.6. The molecule has 0 aliphatic carbocycles. The maximum absolute atomic E-state index is 11.4. The van der Waals surface area contributed by atoms with Crippen LogP contribution in [0, 0.1) is 5.92 Å². The Hall–Kier alpha value is -0.610. The number of carbonyl (C=O) groups excluding carboxylic acids is 1. The van der Waals surface area contributed by atoms with E-state index in [9.17, 15) is 4.79 Å². The van der Waals surface area contributed by atoms with Crippen molar-refractivity contribution in [2.24, 2.45) is 5.92 Å². The van der Waals surface area contributed by atoms with Gasteiger partial charge in [-0.05, 0) is 32.2 Å². The van der Waals surface area contributed by atoms with Crippen LogP contribution in [0.5, 0.6) is 0 Å². The number of carbonyl (C=O) groups is 1. The van der Waals surface area contributed by atoms with Gasteiger partial charge in [0.25, 0.3) is 0 Å². The number of esters is 1. The third-order valence-corrected chi connectivity index (χ3v) is 3.53. The molecule has 4 nitrogen and oxygen atoms in total. The van der Waals surface area contributed by atoms with Crippen molar-refractivity contribution < 1.29 is 9.53 Å². The number of methoxy groups -OCH3 is 1. The topological polar surface area (TPSA) is 41.6 Å². The third-order valence-electron chi connectivity index (χ3n) is 3.53. The summed E-state index contributed by atoms with van der Waals surface area (Å²) < 4.78 is 4.76. The van der Waals surface area contributed by atoms with E-state index >= 15 is 0 Å². The van der Waals surface area contributed by atoms with E-state index in [1.54, 1.807) is 0 Å². The second-order valence-electron chi connectivity index (χ2n) is 5.77. The molecule has 106 valence electrons. The molecule has 0 radical (unpaired) electrons. The van der Waals surface area contributed by atoms with Gasteiger partial charge in [0, 0.05) is 25.2 Å². The smallest absolute Gasteiger partial charge is 0.307 e. The lowest BCUT2D eigenvalue weighted by molar-refractivity contribution is -0.142. The highest BCUT2D eigenvalue weighted by Crippen LogP contribution is 2.13. The van der Waals surface area contributed by atoms with Gasteiger partial charge < -0.3 is 10.1 Å². The van der Waals surface area contributed by atoms with E-state index in [1.807, 2.05) is 0 Å². The van der Waals surface area contributed by atoms with Crippen LogP contribution in [0.25, 0.3) is 0 Å². The van der Waals surface area contributed by atoms with E-state index in [0.29, 0.717) is 18.4 Å². The average Bonchev–Trinajstić information content (AvgIpc) is 2.80. The van der Waals surface area contributed by atoms with Gasteiger partial charge in [-0.25, -0.2) is 0 Å². The van der Waals surface area contributed by atoms with Gasteiger partial charge in [-0.15, -0.1) is 0 Å². The Morgan fingerprint density at radius 1 is 1.44 bits per heavy atom. The minimum absolute atomic E-state index is 0.115. The largest absolute Gasteiger partial charge is 0.469 e. The first-order chi connectivity index (χ1) is 8.52. The third kappa shape index (κ3) is 5.36. The molecule has 0 spiro atoms. The molecule has 1 aliphatic rings. The summed E-state index contributed by atoms with van der Waals surface area (Å²) in [6, 6.07) is 0.839. The second-order valence-corrected chi connectivity index (χ2v) is 5.77. The summed E-state index contributed by atoms with van der Waals surface area (Å²) in [5.74, 6) is 0.502. The molecule has 1 N–H and O–H groups in total. The van der Waals surface area contributed by atoms with Crippen LogP contribution in [-0.2, 0) is 9.53 Å². The molecular weight excluding hydrogens is 228 g/mol. The van der Waals surface area contributed by atoms with E-state index in [4.69, 9.17) is 4.74 Å². The molecule has 1 saturated heterocycles. The number of ether oxygens (including phenoxy) is 1. The number of nitrogens with zero attached hydrogens (tertiary/aromatic N) is 1. The highest BCUT2D eigenvalue weighted by atomic mass is 16.5. The first-order valence-corrected chi connectivity index (χ1v) is 7.07. The lowest BCUT2D eigenvalue weighted by Gasteiger charge is -2.32. The molecular formula is C14H28N2O2. The first-order valence-electron chi connectivity index (χ1n) is 7.07. The van der Waals surface area contributed by atoms with E-state index in [1.165, 1.54) is 20.0 Å². The fourth-order valence-corrected chi connectivity index (χ4v) is 2.55. The van der Waals surface area contributed by atoms with Crippen molar-refractivity contribution >= 4 is 5.97 Å². The predicted octanol–water partition coefficient (Wildman–Crippen LogP) is 1.65. The summed E-state index contributed by atoms with van der Waals surface area (Å²) in [5.41, 5.74) is 0. The molecule has 1 aliphatic heterocycles. The molecule has 18 heavy (non-hydrogen) atoms. The Morgan fingerprint density at radius 3 is 2.67 bits per heavy atom. The maximum Gasteiger partial charge on any atom is 0.307 e. The summed E-state index contributed by atoms with van der Waals surface area (Å²) in [4.78, 5) is 13.8. The van der Waals surface area contributed by atoms with Crippen molar-refractivity contribution in [1.82, 2.24) is 10.2 Å². The van der Waals surface area contributed by atoms with Gasteiger partial charge >= 0.3 is 5.97 Å². The summed E-state index contributed by atoms with van der Waals surface area (Å²) in [6.45, 7) is 9.77. The van der Waals surface area contributed by atoms with E-state index in [2.05, 4.69) is 31.0 Å². The molecule has 0 aromatic carbocycles. The van der Waals surface area contributed by atoms with Crippen LogP contribution in [-0.4, -0.2) is 49.7 Å². The Labute approximate surface area is 111 Å². The minimum Gasteiger partial charge on any atom is -0.469 e. The number of nitrogens with one attached hydrogen (secondary N) is 1. The monoisotopic (exact) mass is 256 g/mol. The Kier molecular flexibility index (Phi) is 6.65. The lowest BCUT2D eigenvalue weighted by atomic mass is 10.1. The summed E-state index contributed by atoms with van der Waals surface area (Å²) in [6.07, 6.45) is 3.00. The molecule has 0 saturated carbocycles. The SMILES string of the molecule is COC(=O)CC(C)N(CC(C)C)CC1CCCN1.